The summed E-state index contributed by atoms with van der Waals surface area (Å²) in [7, 11) is 0.646. The second-order valence-corrected chi connectivity index (χ2v) is 9.43. The van der Waals surface area contributed by atoms with Gasteiger partial charge in [0.05, 0.1) is 9.82 Å². The number of nitro groups is 1. The SMILES string of the molecule is Cc1cc(C(=O)N(C)Cc2cc([N+](=O)[O-])ccc2Cl)cc(S(=O)(=O)N(C)C)c1C. The fourth-order valence-corrected chi connectivity index (χ4v) is 4.15. The lowest BCUT2D eigenvalue weighted by molar-refractivity contribution is -0.384. The second-order valence-electron chi connectivity index (χ2n) is 6.90. The zero-order chi connectivity index (χ0) is 22.1. The van der Waals surface area contributed by atoms with Gasteiger partial charge in [-0.25, -0.2) is 12.7 Å². The molecule has 0 radical (unpaired) electrons. The zero-order valence-electron chi connectivity index (χ0n) is 16.8. The van der Waals surface area contributed by atoms with E-state index < -0.39 is 20.9 Å². The number of aryl methyl sites for hydroxylation is 1. The number of sulfonamides is 1. The summed E-state index contributed by atoms with van der Waals surface area (Å²) in [5.74, 6) is -0.425. The molecule has 2 aromatic carbocycles. The van der Waals surface area contributed by atoms with Gasteiger partial charge in [-0.1, -0.05) is 11.6 Å². The predicted molar refractivity (Wildman–Crippen MR) is 111 cm³/mol. The van der Waals surface area contributed by atoms with Gasteiger partial charge in [0.1, 0.15) is 0 Å². The molecule has 0 aliphatic carbocycles. The molecular weight excluding hydrogens is 418 g/mol. The van der Waals surface area contributed by atoms with E-state index in [1.165, 1.54) is 50.3 Å². The molecule has 8 nitrogen and oxygen atoms in total. The molecular formula is C19H22ClN3O5S. The molecule has 0 saturated heterocycles. The van der Waals surface area contributed by atoms with E-state index in [0.29, 0.717) is 21.7 Å². The van der Waals surface area contributed by atoms with Crippen LogP contribution in [-0.4, -0.2) is 49.6 Å². The molecule has 156 valence electrons. The Kier molecular flexibility index (Phi) is 6.67. The fourth-order valence-electron chi connectivity index (χ4n) is 2.76. The van der Waals surface area contributed by atoms with Crippen molar-refractivity contribution in [1.29, 1.82) is 0 Å². The topological polar surface area (TPSA) is 101 Å². The standard InChI is InChI=1S/C19H22ClN3O5S/c1-12-8-14(10-18(13(12)2)29(27,28)21(3)4)19(24)22(5)11-15-9-16(23(25)26)6-7-17(15)20/h6-10H,11H2,1-5H3. The Balaban J connectivity index is 2.41. The molecule has 0 unspecified atom stereocenters. The highest BCUT2D eigenvalue weighted by atomic mass is 35.5. The first-order valence-electron chi connectivity index (χ1n) is 8.58. The van der Waals surface area contributed by atoms with E-state index in [9.17, 15) is 23.3 Å². The third kappa shape index (κ3) is 4.75. The van der Waals surface area contributed by atoms with E-state index in [1.54, 1.807) is 19.9 Å². The molecule has 2 aromatic rings. The molecule has 1 amide bonds. The number of hydrogen-bond donors (Lipinski definition) is 0. The maximum absolute atomic E-state index is 12.9. The van der Waals surface area contributed by atoms with E-state index in [0.717, 1.165) is 4.31 Å². The first kappa shape index (κ1) is 22.8. The Morgan fingerprint density at radius 2 is 1.76 bits per heavy atom. The van der Waals surface area contributed by atoms with Crippen LogP contribution in [-0.2, 0) is 16.6 Å². The Hall–Kier alpha value is -2.49. The summed E-state index contributed by atoms with van der Waals surface area (Å²) in [6, 6.07) is 6.98. The molecule has 0 heterocycles. The maximum atomic E-state index is 12.9. The van der Waals surface area contributed by atoms with Crippen molar-refractivity contribution in [3.05, 3.63) is 67.7 Å². The molecule has 0 aromatic heterocycles. The molecule has 0 atom stereocenters. The van der Waals surface area contributed by atoms with Crippen molar-refractivity contribution in [3.8, 4) is 0 Å². The fraction of sp³-hybridized carbons (Fsp3) is 0.316. The second kappa shape index (κ2) is 8.48. The first-order chi connectivity index (χ1) is 13.4. The largest absolute Gasteiger partial charge is 0.337 e. The van der Waals surface area contributed by atoms with Gasteiger partial charge >= 0.3 is 0 Å². The highest BCUT2D eigenvalue weighted by molar-refractivity contribution is 7.89. The van der Waals surface area contributed by atoms with Gasteiger partial charge in [-0.2, -0.15) is 0 Å². The summed E-state index contributed by atoms with van der Waals surface area (Å²) >= 11 is 6.12. The summed E-state index contributed by atoms with van der Waals surface area (Å²) in [6.07, 6.45) is 0. The molecule has 29 heavy (non-hydrogen) atoms. The number of carbonyl (C=O) groups is 1. The number of hydrogen-bond acceptors (Lipinski definition) is 5. The lowest BCUT2D eigenvalue weighted by Gasteiger charge is -2.20. The van der Waals surface area contributed by atoms with Crippen molar-refractivity contribution < 1.29 is 18.1 Å². The minimum absolute atomic E-state index is 0.0298. The summed E-state index contributed by atoms with van der Waals surface area (Å²) < 4.78 is 26.3. The number of benzene rings is 2. The predicted octanol–water partition coefficient (Wildman–Crippen LogP) is 3.39. The normalized spacial score (nSPS) is 11.6. The quantitative estimate of drug-likeness (QED) is 0.507. The summed E-state index contributed by atoms with van der Waals surface area (Å²) in [5.41, 5.74) is 1.73. The van der Waals surface area contributed by atoms with Gasteiger partial charge < -0.3 is 4.90 Å². The molecule has 0 bridgehead atoms. The molecule has 0 spiro atoms. The van der Waals surface area contributed by atoms with Crippen molar-refractivity contribution >= 4 is 33.2 Å². The highest BCUT2D eigenvalue weighted by Crippen LogP contribution is 2.26. The van der Waals surface area contributed by atoms with Crippen LogP contribution in [0.3, 0.4) is 0 Å². The summed E-state index contributed by atoms with van der Waals surface area (Å²) in [4.78, 5) is 24.8. The van der Waals surface area contributed by atoms with Crippen molar-refractivity contribution in [2.45, 2.75) is 25.3 Å². The van der Waals surface area contributed by atoms with E-state index in [4.69, 9.17) is 11.6 Å². The lowest BCUT2D eigenvalue weighted by atomic mass is 10.1. The smallest absolute Gasteiger partial charge is 0.269 e. The van der Waals surface area contributed by atoms with Gasteiger partial charge in [-0.3, -0.25) is 14.9 Å². The lowest BCUT2D eigenvalue weighted by Crippen LogP contribution is -2.28. The maximum Gasteiger partial charge on any atom is 0.269 e. The van der Waals surface area contributed by atoms with Crippen molar-refractivity contribution in [2.75, 3.05) is 21.1 Å². The number of amides is 1. The minimum Gasteiger partial charge on any atom is -0.337 e. The minimum atomic E-state index is -3.73. The third-order valence-corrected chi connectivity index (χ3v) is 6.93. The third-order valence-electron chi connectivity index (χ3n) is 4.62. The van der Waals surface area contributed by atoms with E-state index >= 15 is 0 Å². The Morgan fingerprint density at radius 1 is 1.14 bits per heavy atom. The van der Waals surface area contributed by atoms with Crippen LogP contribution in [0.15, 0.2) is 35.2 Å². The molecule has 0 N–H and O–H groups in total. The zero-order valence-corrected chi connectivity index (χ0v) is 18.3. The van der Waals surface area contributed by atoms with Crippen LogP contribution in [0.2, 0.25) is 5.02 Å². The van der Waals surface area contributed by atoms with Gasteiger partial charge in [0.25, 0.3) is 11.6 Å². The highest BCUT2D eigenvalue weighted by Gasteiger charge is 2.24. The van der Waals surface area contributed by atoms with Crippen molar-refractivity contribution in [1.82, 2.24) is 9.21 Å². The van der Waals surface area contributed by atoms with Gasteiger partial charge in [0.15, 0.2) is 0 Å². The van der Waals surface area contributed by atoms with Gasteiger partial charge in [0, 0.05) is 50.4 Å². The molecule has 0 aliphatic rings. The average Bonchev–Trinajstić information content (AvgIpc) is 2.64. The van der Waals surface area contributed by atoms with Crippen LogP contribution < -0.4 is 0 Å². The van der Waals surface area contributed by atoms with Gasteiger partial charge in [-0.05, 0) is 48.7 Å². The van der Waals surface area contributed by atoms with Crippen molar-refractivity contribution in [2.24, 2.45) is 0 Å². The summed E-state index contributed by atoms with van der Waals surface area (Å²) in [6.45, 7) is 3.45. The van der Waals surface area contributed by atoms with Crippen LogP contribution in [0, 0.1) is 24.0 Å². The van der Waals surface area contributed by atoms with Crippen LogP contribution in [0.5, 0.6) is 0 Å². The molecule has 2 rings (SSSR count). The van der Waals surface area contributed by atoms with E-state index in [1.807, 2.05) is 0 Å². The number of rotatable bonds is 6. The number of non-ortho nitro benzene ring substituents is 1. The Bertz CT molecular complexity index is 1080. The van der Waals surface area contributed by atoms with Crippen LogP contribution in [0.25, 0.3) is 0 Å². The molecule has 0 aliphatic heterocycles. The Morgan fingerprint density at radius 3 is 2.31 bits per heavy atom. The molecule has 10 heteroatoms. The van der Waals surface area contributed by atoms with E-state index in [-0.39, 0.29) is 22.7 Å². The Labute approximate surface area is 174 Å². The molecule has 0 saturated carbocycles. The van der Waals surface area contributed by atoms with Crippen LogP contribution >= 0.6 is 11.6 Å². The monoisotopic (exact) mass is 439 g/mol. The van der Waals surface area contributed by atoms with Crippen molar-refractivity contribution in [3.63, 3.8) is 0 Å². The van der Waals surface area contributed by atoms with Crippen LogP contribution in [0.1, 0.15) is 27.0 Å². The number of nitro benzene ring substituents is 1. The van der Waals surface area contributed by atoms with Gasteiger partial charge in [-0.15, -0.1) is 0 Å². The first-order valence-corrected chi connectivity index (χ1v) is 10.4. The van der Waals surface area contributed by atoms with Gasteiger partial charge in [0.2, 0.25) is 10.0 Å². The molecule has 0 fully saturated rings. The summed E-state index contributed by atoms with van der Waals surface area (Å²) in [5, 5.41) is 11.3. The number of halogens is 1. The average molecular weight is 440 g/mol. The number of nitrogens with zero attached hydrogens (tertiary/aromatic N) is 3. The number of carbonyl (C=O) groups excluding carboxylic acids is 1. The van der Waals surface area contributed by atoms with Crippen LogP contribution in [0.4, 0.5) is 5.69 Å². The van der Waals surface area contributed by atoms with E-state index in [2.05, 4.69) is 0 Å².